The number of aromatic amines is 1. The Morgan fingerprint density at radius 1 is 0.603 bits per heavy atom. The van der Waals surface area contributed by atoms with Gasteiger partial charge in [-0.3, -0.25) is 4.98 Å². The van der Waals surface area contributed by atoms with Gasteiger partial charge in [0.2, 0.25) is 6.67 Å². The Morgan fingerprint density at radius 2 is 1.21 bits per heavy atom. The second kappa shape index (κ2) is 18.1. The van der Waals surface area contributed by atoms with Crippen LogP contribution in [0, 0.1) is 0 Å². The molecule has 9 aromatic rings. The van der Waals surface area contributed by atoms with Crippen LogP contribution in [0.4, 0.5) is 0 Å². The number of benzene rings is 5. The minimum atomic E-state index is -3.95. The van der Waals surface area contributed by atoms with Gasteiger partial charge >= 0.3 is 0 Å². The second-order valence-electron chi connectivity index (χ2n) is 16.0. The van der Waals surface area contributed by atoms with Crippen LogP contribution in [0.5, 0.6) is 11.5 Å². The first-order chi connectivity index (χ1) is 30.7. The predicted molar refractivity (Wildman–Crippen MR) is 251 cm³/mol. The van der Waals surface area contributed by atoms with Crippen LogP contribution in [0.25, 0.3) is 66.6 Å². The molecular weight excluding hydrogens is 805 g/mol. The lowest BCUT2D eigenvalue weighted by atomic mass is 10.0. The maximum Gasteiger partial charge on any atom is 0.268 e. The quantitative estimate of drug-likeness (QED) is 0.0968. The zero-order chi connectivity index (χ0) is 43.3. The summed E-state index contributed by atoms with van der Waals surface area (Å²) in [5.41, 5.74) is 9.12. The van der Waals surface area contributed by atoms with Gasteiger partial charge in [0.1, 0.15) is 24.7 Å². The molecule has 0 spiro atoms. The number of nitrogens with one attached hydrogen (secondary N) is 1. The molecule has 10 nitrogen and oxygen atoms in total. The van der Waals surface area contributed by atoms with Gasteiger partial charge in [-0.05, 0) is 105 Å². The van der Waals surface area contributed by atoms with Crippen LogP contribution in [0.15, 0.2) is 181 Å². The molecule has 11 heteroatoms. The summed E-state index contributed by atoms with van der Waals surface area (Å²) < 4.78 is 44.7. The molecule has 0 amide bonds. The minimum Gasteiger partial charge on any atom is -0.492 e. The van der Waals surface area contributed by atoms with Gasteiger partial charge in [-0.25, -0.2) is 17.3 Å². The summed E-state index contributed by atoms with van der Waals surface area (Å²) in [5.74, 6) is 1.58. The molecule has 9 rings (SSSR count). The van der Waals surface area contributed by atoms with Crippen molar-refractivity contribution in [3.63, 3.8) is 0 Å². The molecule has 316 valence electrons. The normalized spacial score (nSPS) is 11.8. The maximum absolute atomic E-state index is 14.4. The van der Waals surface area contributed by atoms with Crippen molar-refractivity contribution in [3.8, 4) is 56.3 Å². The Kier molecular flexibility index (Phi) is 11.9. The molecule has 63 heavy (non-hydrogen) atoms. The Balaban J connectivity index is 0.945. The highest BCUT2D eigenvalue weighted by atomic mass is 32.2. The molecule has 0 bridgehead atoms. The number of para-hydroxylation sites is 2. The zero-order valence-electron chi connectivity index (χ0n) is 35.6. The molecule has 5 aromatic carbocycles. The van der Waals surface area contributed by atoms with Crippen molar-refractivity contribution in [2.75, 3.05) is 47.4 Å². The lowest BCUT2D eigenvalue weighted by molar-refractivity contribution is -0.713. The molecule has 1 N–H and O–H groups in total. The lowest BCUT2D eigenvalue weighted by Gasteiger charge is -2.16. The van der Waals surface area contributed by atoms with E-state index in [4.69, 9.17) is 9.47 Å². The van der Waals surface area contributed by atoms with Crippen LogP contribution in [-0.2, 0) is 16.7 Å². The number of likely N-dealkylation sites (N-methyl/N-ethyl adjacent to an activating group) is 2. The molecule has 4 aromatic heterocycles. The van der Waals surface area contributed by atoms with E-state index in [9.17, 15) is 8.42 Å². The van der Waals surface area contributed by atoms with Crippen molar-refractivity contribution in [1.82, 2.24) is 23.7 Å². The number of nitrogens with zero attached hydrogens (tertiary/aromatic N) is 5. The van der Waals surface area contributed by atoms with Gasteiger partial charge in [-0.15, -0.1) is 0 Å². The van der Waals surface area contributed by atoms with Crippen LogP contribution in [0.2, 0.25) is 0 Å². The number of rotatable bonds is 16. The second-order valence-corrected chi connectivity index (χ2v) is 17.8. The van der Waals surface area contributed by atoms with Crippen LogP contribution in [0.3, 0.4) is 0 Å². The average Bonchev–Trinajstić information content (AvgIpc) is 3.93. The highest BCUT2D eigenvalue weighted by Crippen LogP contribution is 2.34. The van der Waals surface area contributed by atoms with Crippen molar-refractivity contribution < 1.29 is 22.5 Å². The highest BCUT2D eigenvalue weighted by molar-refractivity contribution is 7.90. The Bertz CT molecular complexity index is 3080. The van der Waals surface area contributed by atoms with E-state index < -0.39 is 10.0 Å². The molecule has 0 unspecified atom stereocenters. The summed E-state index contributed by atoms with van der Waals surface area (Å²) in [6.07, 6.45) is 7.89. The van der Waals surface area contributed by atoms with E-state index in [1.807, 2.05) is 118 Å². The SMILES string of the molecule is CN(C)CCOc1ccc(-c2cc(-c3cc4ccccc4n3S(=O)(=O)c3ccccc3)c[n+](CN(C)CCOc3ccc(-c4cncc(-c5cc6ccccc6[nH]5)c4)cc3)c2)cc1. The van der Waals surface area contributed by atoms with E-state index in [2.05, 4.69) is 80.0 Å². The number of fused-ring (bicyclic) bond motifs is 2. The van der Waals surface area contributed by atoms with Gasteiger partial charge in [0.25, 0.3) is 10.0 Å². The van der Waals surface area contributed by atoms with Gasteiger partial charge in [0.15, 0.2) is 12.4 Å². The summed E-state index contributed by atoms with van der Waals surface area (Å²) >= 11 is 0. The molecule has 0 aliphatic rings. The fourth-order valence-corrected chi connectivity index (χ4v) is 9.33. The number of H-pyrrole nitrogens is 1. The van der Waals surface area contributed by atoms with E-state index in [-0.39, 0.29) is 4.90 Å². The van der Waals surface area contributed by atoms with Gasteiger partial charge < -0.3 is 19.4 Å². The molecule has 0 saturated heterocycles. The minimum absolute atomic E-state index is 0.225. The smallest absolute Gasteiger partial charge is 0.268 e. The fraction of sp³-hybridized carbons (Fsp3) is 0.154. The van der Waals surface area contributed by atoms with Crippen LogP contribution >= 0.6 is 0 Å². The van der Waals surface area contributed by atoms with Crippen molar-refractivity contribution in [2.24, 2.45) is 0 Å². The van der Waals surface area contributed by atoms with Crippen molar-refractivity contribution in [3.05, 3.63) is 176 Å². The van der Waals surface area contributed by atoms with E-state index in [1.54, 1.807) is 24.3 Å². The predicted octanol–water partition coefficient (Wildman–Crippen LogP) is 9.62. The lowest BCUT2D eigenvalue weighted by Crippen LogP contribution is -2.43. The monoisotopic (exact) mass is 853 g/mol. The van der Waals surface area contributed by atoms with Gasteiger partial charge in [-0.1, -0.05) is 78.9 Å². The van der Waals surface area contributed by atoms with E-state index in [1.165, 1.54) is 9.36 Å². The molecule has 0 saturated carbocycles. The first-order valence-corrected chi connectivity index (χ1v) is 22.4. The first kappa shape index (κ1) is 41.3. The Labute approximate surface area is 368 Å². The third kappa shape index (κ3) is 9.27. The number of hydrogen-bond acceptors (Lipinski definition) is 7. The zero-order valence-corrected chi connectivity index (χ0v) is 36.4. The first-order valence-electron chi connectivity index (χ1n) is 21.0. The van der Waals surface area contributed by atoms with Crippen LogP contribution in [0.1, 0.15) is 0 Å². The number of hydrogen-bond donors (Lipinski definition) is 1. The number of pyridine rings is 2. The van der Waals surface area contributed by atoms with Crippen LogP contribution in [-0.4, -0.2) is 79.6 Å². The summed E-state index contributed by atoms with van der Waals surface area (Å²) in [5, 5.41) is 2.00. The molecule has 0 atom stereocenters. The number of aromatic nitrogens is 4. The largest absolute Gasteiger partial charge is 0.492 e. The molecule has 0 fully saturated rings. The summed E-state index contributed by atoms with van der Waals surface area (Å²) in [4.78, 5) is 12.5. The summed E-state index contributed by atoms with van der Waals surface area (Å²) in [6, 6.07) is 49.0. The number of ether oxygens (including phenoxy) is 2. The molecule has 0 radical (unpaired) electrons. The summed E-state index contributed by atoms with van der Waals surface area (Å²) in [7, 11) is 2.14. The van der Waals surface area contributed by atoms with E-state index >= 15 is 0 Å². The maximum atomic E-state index is 14.4. The standard InChI is InChI=1S/C52H49N6O4S/c1-55(2)25-27-61-46-23-19-39(20-24-46)44-30-45(52-32-41-12-8-10-16-51(41)58(52)63(59,60)48-13-5-4-6-14-48)36-57(35-44)37-56(3)26-28-62-47-21-17-38(18-22-47)42-29-43(34-53-33-42)50-31-40-11-7-9-15-49(40)54-50/h4-24,29-36,54H,25-28,37H2,1-3H3/q+1. The summed E-state index contributed by atoms with van der Waals surface area (Å²) in [6.45, 7) is 3.05. The van der Waals surface area contributed by atoms with Crippen molar-refractivity contribution >= 4 is 31.8 Å². The third-order valence-electron chi connectivity index (χ3n) is 11.1. The van der Waals surface area contributed by atoms with Crippen molar-refractivity contribution in [1.29, 1.82) is 0 Å². The van der Waals surface area contributed by atoms with Crippen molar-refractivity contribution in [2.45, 2.75) is 11.6 Å². The average molecular weight is 854 g/mol. The van der Waals surface area contributed by atoms with Gasteiger partial charge in [0.05, 0.1) is 21.7 Å². The topological polar surface area (TPSA) is 96.6 Å². The Hall–Kier alpha value is -7.05. The highest BCUT2D eigenvalue weighted by Gasteiger charge is 2.26. The van der Waals surface area contributed by atoms with Crippen LogP contribution < -0.4 is 14.0 Å². The fourth-order valence-electron chi connectivity index (χ4n) is 7.78. The molecule has 4 heterocycles. The molecule has 0 aliphatic heterocycles. The van der Waals surface area contributed by atoms with E-state index in [0.717, 1.165) is 68.0 Å². The third-order valence-corrected chi connectivity index (χ3v) is 12.8. The van der Waals surface area contributed by atoms with Gasteiger partial charge in [0, 0.05) is 64.2 Å². The van der Waals surface area contributed by atoms with Gasteiger partial charge in [-0.2, -0.15) is 4.57 Å². The molecular formula is C52H49N6O4S+. The Morgan fingerprint density at radius 3 is 1.92 bits per heavy atom. The molecule has 0 aliphatic carbocycles. The van der Waals surface area contributed by atoms with E-state index in [0.29, 0.717) is 37.6 Å².